The van der Waals surface area contributed by atoms with E-state index in [0.29, 0.717) is 37.2 Å². The van der Waals surface area contributed by atoms with E-state index in [1.54, 1.807) is 25.2 Å². The van der Waals surface area contributed by atoms with Crippen LogP contribution in [0.5, 0.6) is 0 Å². The fraction of sp³-hybridized carbons (Fsp3) is 0.412. The average Bonchev–Trinajstić information content (AvgIpc) is 3.10. The maximum Gasteiger partial charge on any atom is 0.292 e. The van der Waals surface area contributed by atoms with Crippen molar-refractivity contribution >= 4 is 41.3 Å². The number of guanidine groups is 1. The van der Waals surface area contributed by atoms with Crippen LogP contribution < -0.4 is 16.0 Å². The van der Waals surface area contributed by atoms with Crippen molar-refractivity contribution in [3.63, 3.8) is 0 Å². The third kappa shape index (κ3) is 7.04. The Labute approximate surface area is 175 Å². The number of benzene rings is 1. The lowest BCUT2D eigenvalue weighted by Gasteiger charge is -2.12. The minimum atomic E-state index is -0.404. The number of nitrogens with one attached hydrogen (secondary N) is 3. The number of aliphatic imine (C=N–C) groups is 1. The maximum absolute atomic E-state index is 11.0. The molecule has 148 valence electrons. The molecule has 0 bridgehead atoms. The van der Waals surface area contributed by atoms with Crippen molar-refractivity contribution in [1.29, 1.82) is 0 Å². The standard InChI is InChI=1S/C17H24N6O3.HI/c1-12(2)15-10-13(26-22-15)11-21-17(18-3)20-9-8-19-14-6-4-5-7-16(14)23(24)25;/h4-7,10,12,19H,8-9,11H2,1-3H3,(H2,18,20,21);1H. The van der Waals surface area contributed by atoms with E-state index >= 15 is 0 Å². The summed E-state index contributed by atoms with van der Waals surface area (Å²) in [6.45, 7) is 5.63. The molecule has 0 radical (unpaired) electrons. The zero-order valence-corrected chi connectivity index (χ0v) is 17.9. The fourth-order valence-electron chi connectivity index (χ4n) is 2.24. The molecule has 2 rings (SSSR count). The van der Waals surface area contributed by atoms with Crippen molar-refractivity contribution in [2.75, 3.05) is 25.5 Å². The monoisotopic (exact) mass is 488 g/mol. The average molecular weight is 488 g/mol. The maximum atomic E-state index is 11.0. The van der Waals surface area contributed by atoms with E-state index in [4.69, 9.17) is 4.52 Å². The number of para-hydroxylation sites is 2. The second kappa shape index (κ2) is 11.4. The summed E-state index contributed by atoms with van der Waals surface area (Å²) in [6.07, 6.45) is 0. The fourth-order valence-corrected chi connectivity index (χ4v) is 2.24. The van der Waals surface area contributed by atoms with Gasteiger partial charge in [-0.15, -0.1) is 24.0 Å². The first-order valence-electron chi connectivity index (χ1n) is 8.38. The van der Waals surface area contributed by atoms with Gasteiger partial charge in [-0.3, -0.25) is 15.1 Å². The van der Waals surface area contributed by atoms with Crippen molar-refractivity contribution in [1.82, 2.24) is 15.8 Å². The minimum Gasteiger partial charge on any atom is -0.378 e. The summed E-state index contributed by atoms with van der Waals surface area (Å²) in [4.78, 5) is 14.7. The predicted octanol–water partition coefficient (Wildman–Crippen LogP) is 3.10. The number of nitrogens with zero attached hydrogens (tertiary/aromatic N) is 3. The Morgan fingerprint density at radius 3 is 2.67 bits per heavy atom. The van der Waals surface area contributed by atoms with Crippen molar-refractivity contribution in [2.24, 2.45) is 4.99 Å². The predicted molar refractivity (Wildman–Crippen MR) is 116 cm³/mol. The van der Waals surface area contributed by atoms with Gasteiger partial charge in [-0.1, -0.05) is 31.1 Å². The van der Waals surface area contributed by atoms with Crippen LogP contribution in [-0.4, -0.2) is 36.2 Å². The molecule has 0 saturated heterocycles. The van der Waals surface area contributed by atoms with Gasteiger partial charge < -0.3 is 20.5 Å². The van der Waals surface area contributed by atoms with Gasteiger partial charge in [0, 0.05) is 32.3 Å². The highest BCUT2D eigenvalue weighted by molar-refractivity contribution is 14.0. The Kier molecular flexibility index (Phi) is 9.54. The van der Waals surface area contributed by atoms with Crippen molar-refractivity contribution in [3.8, 4) is 0 Å². The van der Waals surface area contributed by atoms with Crippen LogP contribution in [0.15, 0.2) is 39.8 Å². The summed E-state index contributed by atoms with van der Waals surface area (Å²) in [7, 11) is 1.67. The summed E-state index contributed by atoms with van der Waals surface area (Å²) in [5.41, 5.74) is 1.46. The molecule has 3 N–H and O–H groups in total. The smallest absolute Gasteiger partial charge is 0.292 e. The number of halogens is 1. The van der Waals surface area contributed by atoms with Crippen LogP contribution in [0, 0.1) is 10.1 Å². The van der Waals surface area contributed by atoms with Gasteiger partial charge in [-0.05, 0) is 12.0 Å². The SMILES string of the molecule is CN=C(NCCNc1ccccc1[N+](=O)[O-])NCc1cc(C(C)C)no1.I. The Bertz CT molecular complexity index is 763. The zero-order chi connectivity index (χ0) is 18.9. The topological polar surface area (TPSA) is 118 Å². The lowest BCUT2D eigenvalue weighted by Crippen LogP contribution is -2.39. The van der Waals surface area contributed by atoms with Crippen molar-refractivity contribution in [2.45, 2.75) is 26.3 Å². The lowest BCUT2D eigenvalue weighted by molar-refractivity contribution is -0.384. The number of nitro benzene ring substituents is 1. The van der Waals surface area contributed by atoms with Crippen LogP contribution >= 0.6 is 24.0 Å². The number of nitro groups is 1. The van der Waals surface area contributed by atoms with Gasteiger partial charge in [0.05, 0.1) is 17.2 Å². The highest BCUT2D eigenvalue weighted by atomic mass is 127. The summed E-state index contributed by atoms with van der Waals surface area (Å²) >= 11 is 0. The molecule has 0 unspecified atom stereocenters. The summed E-state index contributed by atoms with van der Waals surface area (Å²) in [5, 5.41) is 24.3. The van der Waals surface area contributed by atoms with E-state index in [1.807, 2.05) is 6.07 Å². The number of rotatable bonds is 8. The summed E-state index contributed by atoms with van der Waals surface area (Å²) in [6, 6.07) is 8.47. The van der Waals surface area contributed by atoms with E-state index in [2.05, 4.69) is 39.9 Å². The van der Waals surface area contributed by atoms with E-state index in [9.17, 15) is 10.1 Å². The molecule has 9 nitrogen and oxygen atoms in total. The van der Waals surface area contributed by atoms with Crippen molar-refractivity contribution in [3.05, 3.63) is 51.9 Å². The number of hydrogen-bond acceptors (Lipinski definition) is 6. The van der Waals surface area contributed by atoms with Gasteiger partial charge in [0.15, 0.2) is 11.7 Å². The lowest BCUT2D eigenvalue weighted by atomic mass is 10.1. The third-order valence-corrected chi connectivity index (χ3v) is 3.66. The van der Waals surface area contributed by atoms with Gasteiger partial charge >= 0.3 is 0 Å². The molecule has 0 atom stereocenters. The van der Waals surface area contributed by atoms with E-state index in [-0.39, 0.29) is 29.7 Å². The van der Waals surface area contributed by atoms with Gasteiger partial charge in [0.1, 0.15) is 5.69 Å². The van der Waals surface area contributed by atoms with Gasteiger partial charge in [-0.2, -0.15) is 0 Å². The van der Waals surface area contributed by atoms with Crippen LogP contribution in [0.1, 0.15) is 31.2 Å². The molecule has 1 heterocycles. The molecule has 0 fully saturated rings. The Morgan fingerprint density at radius 1 is 1.30 bits per heavy atom. The second-order valence-corrected chi connectivity index (χ2v) is 5.93. The first kappa shape index (κ1) is 22.7. The van der Waals surface area contributed by atoms with E-state index in [1.165, 1.54) is 6.07 Å². The molecule has 27 heavy (non-hydrogen) atoms. The molecule has 0 amide bonds. The molecule has 1 aromatic carbocycles. The number of hydrogen-bond donors (Lipinski definition) is 3. The molecular formula is C17H25IN6O3. The minimum absolute atomic E-state index is 0. The Hall–Kier alpha value is -2.37. The number of anilines is 1. The molecule has 0 spiro atoms. The molecule has 2 aromatic rings. The van der Waals surface area contributed by atoms with Gasteiger partial charge in [0.25, 0.3) is 5.69 Å². The molecule has 0 saturated carbocycles. The molecule has 1 aromatic heterocycles. The number of aromatic nitrogens is 1. The van der Waals surface area contributed by atoms with Crippen LogP contribution in [0.3, 0.4) is 0 Å². The van der Waals surface area contributed by atoms with Gasteiger partial charge in [0.2, 0.25) is 0 Å². The van der Waals surface area contributed by atoms with Crippen LogP contribution in [0.2, 0.25) is 0 Å². The Balaban J connectivity index is 0.00000364. The molecule has 0 aliphatic heterocycles. The third-order valence-electron chi connectivity index (χ3n) is 3.66. The second-order valence-electron chi connectivity index (χ2n) is 5.93. The first-order chi connectivity index (χ1) is 12.5. The molecule has 0 aliphatic rings. The van der Waals surface area contributed by atoms with Crippen LogP contribution in [0.4, 0.5) is 11.4 Å². The van der Waals surface area contributed by atoms with Gasteiger partial charge in [-0.25, -0.2) is 0 Å². The quantitative estimate of drug-likeness (QED) is 0.131. The van der Waals surface area contributed by atoms with Crippen LogP contribution in [-0.2, 0) is 6.54 Å². The normalized spacial score (nSPS) is 11.0. The molecular weight excluding hydrogens is 463 g/mol. The molecule has 10 heteroatoms. The van der Waals surface area contributed by atoms with Crippen molar-refractivity contribution < 1.29 is 9.45 Å². The Morgan fingerprint density at radius 2 is 2.04 bits per heavy atom. The largest absolute Gasteiger partial charge is 0.378 e. The van der Waals surface area contributed by atoms with Crippen LogP contribution in [0.25, 0.3) is 0 Å². The highest BCUT2D eigenvalue weighted by Crippen LogP contribution is 2.22. The first-order valence-corrected chi connectivity index (χ1v) is 8.38. The van der Waals surface area contributed by atoms with E-state index in [0.717, 1.165) is 11.5 Å². The highest BCUT2D eigenvalue weighted by Gasteiger charge is 2.11. The van der Waals surface area contributed by atoms with E-state index < -0.39 is 4.92 Å². The summed E-state index contributed by atoms with van der Waals surface area (Å²) < 4.78 is 5.27. The zero-order valence-electron chi connectivity index (χ0n) is 15.6. The molecule has 0 aliphatic carbocycles. The summed E-state index contributed by atoms with van der Waals surface area (Å²) in [5.74, 6) is 1.66.